The Kier molecular flexibility index (Phi) is 14.3. The van der Waals surface area contributed by atoms with E-state index < -0.39 is 47.1 Å². The molecule has 15 heteroatoms. The number of halogens is 3. The number of esters is 1. The predicted octanol–water partition coefficient (Wildman–Crippen LogP) is 4.74. The largest absolute Gasteiger partial charge is 0.490 e. The number of benzene rings is 3. The smallest absolute Gasteiger partial charge is 0.479 e. The summed E-state index contributed by atoms with van der Waals surface area (Å²) in [6.07, 6.45) is 1.58. The highest BCUT2D eigenvalue weighted by Gasteiger charge is 2.48. The fraction of sp³-hybridized carbons (Fsp3) is 0.229. The van der Waals surface area contributed by atoms with E-state index in [-0.39, 0.29) is 18.5 Å². The summed E-state index contributed by atoms with van der Waals surface area (Å²) < 4.78 is 37.2. The minimum Gasteiger partial charge on any atom is -0.479 e. The number of aliphatic carboxylic acids is 2. The number of rotatable bonds is 9. The summed E-state index contributed by atoms with van der Waals surface area (Å²) in [4.78, 5) is 57.7. The van der Waals surface area contributed by atoms with E-state index in [1.807, 2.05) is 54.6 Å². The molecule has 1 fully saturated rings. The van der Waals surface area contributed by atoms with Gasteiger partial charge in [0.15, 0.2) is 6.04 Å². The Bertz CT molecular complexity index is 1720. The fourth-order valence-electron chi connectivity index (χ4n) is 4.84. The van der Waals surface area contributed by atoms with Gasteiger partial charge < -0.3 is 31.7 Å². The monoisotopic (exact) mass is 713 g/mol. The quantitative estimate of drug-likeness (QED) is 0.193. The summed E-state index contributed by atoms with van der Waals surface area (Å²) in [6, 6.07) is 23.8. The van der Waals surface area contributed by atoms with Crippen LogP contribution in [0.3, 0.4) is 0 Å². The SMILES string of the molecule is NC(=O)C1SC2=CC=CCC2C1C(=O)OCc1ccccc1.NCc1cccc(C(=O)N[C@@H](C(=O)O)c2ccccc2)c1.O=C(O)C(F)(F)F. The van der Waals surface area contributed by atoms with Crippen LogP contribution < -0.4 is 16.8 Å². The van der Waals surface area contributed by atoms with Crippen molar-refractivity contribution in [3.05, 3.63) is 130 Å². The number of carboxylic acid groups (broad SMARTS) is 2. The fourth-order valence-corrected chi connectivity index (χ4v) is 6.28. The molecule has 3 unspecified atom stereocenters. The van der Waals surface area contributed by atoms with Crippen LogP contribution in [0.15, 0.2) is 108 Å². The first-order valence-corrected chi connectivity index (χ1v) is 15.8. The van der Waals surface area contributed by atoms with Crippen LogP contribution in [0.2, 0.25) is 0 Å². The highest BCUT2D eigenvalue weighted by Crippen LogP contribution is 2.49. The molecule has 2 aliphatic rings. The van der Waals surface area contributed by atoms with Gasteiger partial charge in [-0.05, 0) is 40.1 Å². The zero-order valence-electron chi connectivity index (χ0n) is 26.3. The molecule has 264 valence electrons. The average molecular weight is 714 g/mol. The molecule has 5 rings (SSSR count). The van der Waals surface area contributed by atoms with Crippen molar-refractivity contribution >= 4 is 41.5 Å². The summed E-state index contributed by atoms with van der Waals surface area (Å²) in [5.41, 5.74) is 13.7. The van der Waals surface area contributed by atoms with Crippen molar-refractivity contribution < 1.29 is 52.1 Å². The van der Waals surface area contributed by atoms with Crippen LogP contribution in [0.1, 0.15) is 39.5 Å². The van der Waals surface area contributed by atoms with Gasteiger partial charge in [-0.3, -0.25) is 14.4 Å². The minimum absolute atomic E-state index is 0.00998. The number of primary amides is 1. The summed E-state index contributed by atoms with van der Waals surface area (Å²) in [5, 5.41) is 18.4. The lowest BCUT2D eigenvalue weighted by Gasteiger charge is -2.21. The molecule has 4 atom stereocenters. The predicted molar refractivity (Wildman–Crippen MR) is 178 cm³/mol. The van der Waals surface area contributed by atoms with Gasteiger partial charge in [0.2, 0.25) is 5.91 Å². The van der Waals surface area contributed by atoms with E-state index in [0.29, 0.717) is 17.7 Å². The van der Waals surface area contributed by atoms with Gasteiger partial charge in [-0.2, -0.15) is 13.2 Å². The molecule has 1 saturated heterocycles. The second-order valence-electron chi connectivity index (χ2n) is 10.8. The number of carbonyl (C=O) groups is 5. The van der Waals surface area contributed by atoms with Gasteiger partial charge in [-0.25, -0.2) is 9.59 Å². The van der Waals surface area contributed by atoms with E-state index in [1.54, 1.807) is 48.5 Å². The first-order chi connectivity index (χ1) is 23.7. The number of thioether (sulfide) groups is 1. The van der Waals surface area contributed by atoms with Gasteiger partial charge in [0.05, 0.1) is 5.92 Å². The van der Waals surface area contributed by atoms with Crippen molar-refractivity contribution in [1.29, 1.82) is 0 Å². The van der Waals surface area contributed by atoms with E-state index in [0.717, 1.165) is 22.5 Å². The van der Waals surface area contributed by atoms with Gasteiger partial charge in [-0.15, -0.1) is 11.8 Å². The number of nitrogens with one attached hydrogen (secondary N) is 1. The summed E-state index contributed by atoms with van der Waals surface area (Å²) in [7, 11) is 0. The Balaban J connectivity index is 0.000000228. The van der Waals surface area contributed by atoms with Gasteiger partial charge in [0.25, 0.3) is 5.91 Å². The van der Waals surface area contributed by atoms with Crippen molar-refractivity contribution in [2.75, 3.05) is 0 Å². The third-order valence-corrected chi connectivity index (χ3v) is 8.76. The molecule has 7 N–H and O–H groups in total. The second kappa shape index (κ2) is 18.4. The Morgan fingerprint density at radius 1 is 0.920 bits per heavy atom. The van der Waals surface area contributed by atoms with Crippen molar-refractivity contribution in [3.63, 3.8) is 0 Å². The van der Waals surface area contributed by atoms with E-state index >= 15 is 0 Å². The number of alkyl halides is 3. The van der Waals surface area contributed by atoms with Crippen LogP contribution in [0.5, 0.6) is 0 Å². The van der Waals surface area contributed by atoms with Crippen molar-refractivity contribution in [1.82, 2.24) is 5.32 Å². The van der Waals surface area contributed by atoms with Gasteiger partial charge in [0, 0.05) is 18.0 Å². The van der Waals surface area contributed by atoms with Crippen LogP contribution in [-0.4, -0.2) is 51.4 Å². The number of hydrogen-bond acceptors (Lipinski definition) is 8. The lowest BCUT2D eigenvalue weighted by atomic mass is 9.84. The minimum atomic E-state index is -5.08. The Morgan fingerprint density at radius 2 is 1.52 bits per heavy atom. The molecule has 0 aromatic heterocycles. The summed E-state index contributed by atoms with van der Waals surface area (Å²) >= 11 is 1.40. The molecule has 1 heterocycles. The highest BCUT2D eigenvalue weighted by atomic mass is 32.2. The summed E-state index contributed by atoms with van der Waals surface area (Å²) in [6.45, 7) is 0.538. The molecular weight excluding hydrogens is 679 g/mol. The first kappa shape index (κ1) is 39.0. The van der Waals surface area contributed by atoms with Crippen molar-refractivity contribution in [3.8, 4) is 0 Å². The van der Waals surface area contributed by atoms with E-state index in [9.17, 15) is 37.5 Å². The number of amides is 2. The van der Waals surface area contributed by atoms with Crippen LogP contribution in [-0.2, 0) is 37.1 Å². The molecule has 3 aromatic rings. The number of hydrogen-bond donors (Lipinski definition) is 5. The molecule has 3 aromatic carbocycles. The third-order valence-electron chi connectivity index (χ3n) is 7.27. The average Bonchev–Trinajstić information content (AvgIpc) is 3.51. The number of carboxylic acids is 2. The molecule has 0 radical (unpaired) electrons. The lowest BCUT2D eigenvalue weighted by Crippen LogP contribution is -2.37. The van der Waals surface area contributed by atoms with Gasteiger partial charge in [-0.1, -0.05) is 91.0 Å². The first-order valence-electron chi connectivity index (χ1n) is 14.9. The Morgan fingerprint density at radius 3 is 2.08 bits per heavy atom. The Labute approximate surface area is 289 Å². The van der Waals surface area contributed by atoms with Crippen LogP contribution in [0.4, 0.5) is 13.2 Å². The maximum atomic E-state index is 12.5. The van der Waals surface area contributed by atoms with Crippen LogP contribution in [0, 0.1) is 11.8 Å². The molecule has 11 nitrogen and oxygen atoms in total. The number of fused-ring (bicyclic) bond motifs is 1. The molecule has 50 heavy (non-hydrogen) atoms. The molecular formula is C35H34F3N3O8S. The van der Waals surface area contributed by atoms with Crippen molar-refractivity contribution in [2.45, 2.75) is 37.0 Å². The highest BCUT2D eigenvalue weighted by molar-refractivity contribution is 8.04. The molecule has 0 bridgehead atoms. The van der Waals surface area contributed by atoms with Crippen LogP contribution >= 0.6 is 11.8 Å². The van der Waals surface area contributed by atoms with E-state index in [2.05, 4.69) is 5.32 Å². The number of nitrogens with two attached hydrogens (primary N) is 2. The molecule has 1 aliphatic heterocycles. The Hall–Kier alpha value is -5.41. The molecule has 1 aliphatic carbocycles. The molecule has 0 spiro atoms. The van der Waals surface area contributed by atoms with Gasteiger partial charge in [0.1, 0.15) is 11.9 Å². The zero-order valence-corrected chi connectivity index (χ0v) is 27.1. The summed E-state index contributed by atoms with van der Waals surface area (Å²) in [5.74, 6) is -5.59. The third kappa shape index (κ3) is 11.3. The number of ether oxygens (including phenoxy) is 1. The van der Waals surface area contributed by atoms with Crippen molar-refractivity contribution in [2.24, 2.45) is 23.3 Å². The lowest BCUT2D eigenvalue weighted by molar-refractivity contribution is -0.192. The molecule has 0 saturated carbocycles. The second-order valence-corrected chi connectivity index (χ2v) is 12.0. The standard InChI is InChI=1S/C17H17NO3S.C16H16N2O3.C2HF3O2/c18-16(19)15-14(12-8-4-5-9-13(12)22-15)17(20)21-10-11-6-2-1-3-7-11;17-10-11-5-4-8-13(9-11)15(19)18-14(16(20)21)12-6-2-1-3-7-12;3-2(4,5)1(6)7/h1-7,9,12,14-15H,8,10H2,(H2,18,19);1-9,14H,10,17H2,(H,18,19)(H,20,21);(H,6,7)/t;14-;/m.1./s1. The maximum Gasteiger partial charge on any atom is 0.490 e. The normalized spacial score (nSPS) is 18.0. The van der Waals surface area contributed by atoms with E-state index in [1.165, 1.54) is 11.8 Å². The van der Waals surface area contributed by atoms with Crippen LogP contribution in [0.25, 0.3) is 0 Å². The zero-order chi connectivity index (χ0) is 36.8. The number of carbonyl (C=O) groups excluding carboxylic acids is 3. The van der Waals surface area contributed by atoms with Gasteiger partial charge >= 0.3 is 24.1 Å². The molecule has 2 amide bonds. The van der Waals surface area contributed by atoms with E-state index in [4.69, 9.17) is 26.1 Å². The maximum absolute atomic E-state index is 12.5. The number of allylic oxidation sites excluding steroid dienone is 4. The topological polar surface area (TPSA) is 199 Å².